The maximum absolute atomic E-state index is 12.4. The van der Waals surface area contributed by atoms with Crippen LogP contribution in [0.4, 0.5) is 0 Å². The molecule has 2 unspecified atom stereocenters. The Kier molecular flexibility index (Phi) is 2.77. The number of benzene rings is 1. The van der Waals surface area contributed by atoms with Crippen LogP contribution in [0.2, 0.25) is 0 Å². The maximum Gasteiger partial charge on any atom is 0.251 e. The average molecular weight is 270 g/mol. The number of fused-ring (bicyclic) bond motifs is 2. The molecule has 1 aromatic heterocycles. The van der Waals surface area contributed by atoms with Crippen LogP contribution in [-0.2, 0) is 0 Å². The van der Waals surface area contributed by atoms with E-state index in [1.54, 1.807) is 6.26 Å². The summed E-state index contributed by atoms with van der Waals surface area (Å²) in [5.74, 6) is 0.649. The maximum atomic E-state index is 12.4. The van der Waals surface area contributed by atoms with Gasteiger partial charge in [0.1, 0.15) is 5.58 Å². The van der Waals surface area contributed by atoms with E-state index in [2.05, 4.69) is 10.6 Å². The molecule has 1 saturated carbocycles. The van der Waals surface area contributed by atoms with E-state index in [0.717, 1.165) is 23.9 Å². The lowest BCUT2D eigenvalue weighted by atomic mass is 9.71. The first-order chi connectivity index (χ1) is 9.81. The van der Waals surface area contributed by atoms with Gasteiger partial charge in [0.25, 0.3) is 5.91 Å². The smallest absolute Gasteiger partial charge is 0.251 e. The van der Waals surface area contributed by atoms with Crippen LogP contribution in [0.25, 0.3) is 11.0 Å². The lowest BCUT2D eigenvalue weighted by Gasteiger charge is -2.46. The van der Waals surface area contributed by atoms with E-state index in [0.29, 0.717) is 23.6 Å². The number of hydrogen-bond acceptors (Lipinski definition) is 3. The quantitative estimate of drug-likeness (QED) is 0.880. The average Bonchev–Trinajstić information content (AvgIpc) is 2.88. The van der Waals surface area contributed by atoms with Crippen LogP contribution >= 0.6 is 0 Å². The molecular weight excluding hydrogens is 252 g/mol. The standard InChI is InChI=1S/C16H18N2O2/c19-16(11-1-4-15-10(9-11)6-8-20-15)18-14-5-7-17-13-3-2-12(13)14/h1,4,6,8-9,12-14,17H,2-3,5,7H2,(H,18,19)/t12?,13?,14-/m1/s1. The Morgan fingerprint density at radius 3 is 3.05 bits per heavy atom. The predicted molar refractivity (Wildman–Crippen MR) is 76.6 cm³/mol. The minimum Gasteiger partial charge on any atom is -0.464 e. The third-order valence-electron chi connectivity index (χ3n) is 4.74. The number of carbonyl (C=O) groups is 1. The van der Waals surface area contributed by atoms with Crippen LogP contribution in [0, 0.1) is 5.92 Å². The number of piperidine rings is 1. The topological polar surface area (TPSA) is 54.3 Å². The number of amides is 1. The van der Waals surface area contributed by atoms with Gasteiger partial charge >= 0.3 is 0 Å². The molecule has 2 aromatic rings. The Labute approximate surface area is 117 Å². The lowest BCUT2D eigenvalue weighted by molar-refractivity contribution is 0.0798. The minimum atomic E-state index is 0.0330. The number of nitrogens with one attached hydrogen (secondary N) is 2. The van der Waals surface area contributed by atoms with Crippen LogP contribution < -0.4 is 10.6 Å². The van der Waals surface area contributed by atoms with E-state index < -0.39 is 0 Å². The van der Waals surface area contributed by atoms with Crippen LogP contribution in [-0.4, -0.2) is 24.5 Å². The van der Waals surface area contributed by atoms with Crippen molar-refractivity contribution in [1.29, 1.82) is 0 Å². The van der Waals surface area contributed by atoms with Gasteiger partial charge in [-0.2, -0.15) is 0 Å². The van der Waals surface area contributed by atoms with Crippen molar-refractivity contribution in [1.82, 2.24) is 10.6 Å². The van der Waals surface area contributed by atoms with Gasteiger partial charge in [0.05, 0.1) is 6.26 Å². The molecule has 104 valence electrons. The summed E-state index contributed by atoms with van der Waals surface area (Å²) in [6, 6.07) is 8.42. The van der Waals surface area contributed by atoms with Crippen molar-refractivity contribution in [3.8, 4) is 0 Å². The van der Waals surface area contributed by atoms with Gasteiger partial charge in [-0.25, -0.2) is 0 Å². The van der Waals surface area contributed by atoms with E-state index in [1.165, 1.54) is 12.8 Å². The first-order valence-electron chi connectivity index (χ1n) is 7.33. The summed E-state index contributed by atoms with van der Waals surface area (Å²) in [6.07, 6.45) is 5.15. The number of rotatable bonds is 2. The lowest BCUT2D eigenvalue weighted by Crippen LogP contribution is -2.59. The second kappa shape index (κ2) is 4.63. The molecule has 4 rings (SSSR count). The summed E-state index contributed by atoms with van der Waals surface area (Å²) >= 11 is 0. The Morgan fingerprint density at radius 1 is 1.25 bits per heavy atom. The molecule has 2 fully saturated rings. The van der Waals surface area contributed by atoms with E-state index in [9.17, 15) is 4.79 Å². The second-order valence-corrected chi connectivity index (χ2v) is 5.84. The highest BCUT2D eigenvalue weighted by molar-refractivity contribution is 5.97. The van der Waals surface area contributed by atoms with E-state index in [4.69, 9.17) is 4.42 Å². The van der Waals surface area contributed by atoms with Crippen molar-refractivity contribution in [3.05, 3.63) is 36.1 Å². The number of carbonyl (C=O) groups excluding carboxylic acids is 1. The second-order valence-electron chi connectivity index (χ2n) is 5.84. The fourth-order valence-electron chi connectivity index (χ4n) is 3.44. The highest BCUT2D eigenvalue weighted by Crippen LogP contribution is 2.34. The van der Waals surface area contributed by atoms with Gasteiger partial charge in [-0.3, -0.25) is 4.79 Å². The molecule has 2 N–H and O–H groups in total. The molecule has 1 saturated heterocycles. The third-order valence-corrected chi connectivity index (χ3v) is 4.74. The van der Waals surface area contributed by atoms with Crippen molar-refractivity contribution in [2.24, 2.45) is 5.92 Å². The first-order valence-corrected chi connectivity index (χ1v) is 7.33. The molecule has 2 heterocycles. The number of hydrogen-bond donors (Lipinski definition) is 2. The van der Waals surface area contributed by atoms with Crippen molar-refractivity contribution in [3.63, 3.8) is 0 Å². The molecule has 20 heavy (non-hydrogen) atoms. The molecule has 1 amide bonds. The molecule has 1 aliphatic heterocycles. The molecule has 2 aliphatic rings. The molecule has 3 atom stereocenters. The Hall–Kier alpha value is -1.81. The Bertz CT molecular complexity index is 649. The summed E-state index contributed by atoms with van der Waals surface area (Å²) in [5, 5.41) is 7.71. The molecule has 4 heteroatoms. The SMILES string of the molecule is O=C(N[C@@H]1CCNC2CCC21)c1ccc2occc2c1. The third kappa shape index (κ3) is 1.91. The van der Waals surface area contributed by atoms with E-state index >= 15 is 0 Å². The molecule has 1 aromatic carbocycles. The Morgan fingerprint density at radius 2 is 2.20 bits per heavy atom. The zero-order valence-electron chi connectivity index (χ0n) is 11.3. The summed E-state index contributed by atoms with van der Waals surface area (Å²) in [6.45, 7) is 1.01. The summed E-state index contributed by atoms with van der Waals surface area (Å²) in [5.41, 5.74) is 1.54. The van der Waals surface area contributed by atoms with Crippen molar-refractivity contribution >= 4 is 16.9 Å². The monoisotopic (exact) mass is 270 g/mol. The van der Waals surface area contributed by atoms with E-state index in [-0.39, 0.29) is 5.91 Å². The van der Waals surface area contributed by atoms with Crippen LogP contribution in [0.5, 0.6) is 0 Å². The largest absolute Gasteiger partial charge is 0.464 e. The zero-order valence-corrected chi connectivity index (χ0v) is 11.3. The van der Waals surface area contributed by atoms with Gasteiger partial charge in [0, 0.05) is 23.0 Å². The van der Waals surface area contributed by atoms with Gasteiger partial charge < -0.3 is 15.1 Å². The van der Waals surface area contributed by atoms with Gasteiger partial charge in [-0.05, 0) is 56.0 Å². The fraction of sp³-hybridized carbons (Fsp3) is 0.438. The molecule has 4 nitrogen and oxygen atoms in total. The van der Waals surface area contributed by atoms with Crippen molar-refractivity contribution < 1.29 is 9.21 Å². The van der Waals surface area contributed by atoms with Crippen molar-refractivity contribution in [2.45, 2.75) is 31.3 Å². The summed E-state index contributed by atoms with van der Waals surface area (Å²) in [4.78, 5) is 12.4. The van der Waals surface area contributed by atoms with Gasteiger partial charge in [-0.15, -0.1) is 0 Å². The molecular formula is C16H18N2O2. The zero-order chi connectivity index (χ0) is 13.5. The fourth-order valence-corrected chi connectivity index (χ4v) is 3.44. The van der Waals surface area contributed by atoms with Gasteiger partial charge in [0.2, 0.25) is 0 Å². The highest BCUT2D eigenvalue weighted by Gasteiger charge is 2.40. The van der Waals surface area contributed by atoms with Crippen LogP contribution in [0.15, 0.2) is 34.9 Å². The Balaban J connectivity index is 1.51. The first kappa shape index (κ1) is 12.0. The van der Waals surface area contributed by atoms with E-state index in [1.807, 2.05) is 24.3 Å². The highest BCUT2D eigenvalue weighted by atomic mass is 16.3. The molecule has 0 bridgehead atoms. The summed E-state index contributed by atoms with van der Waals surface area (Å²) < 4.78 is 5.30. The summed E-state index contributed by atoms with van der Waals surface area (Å²) in [7, 11) is 0. The van der Waals surface area contributed by atoms with Gasteiger partial charge in [-0.1, -0.05) is 0 Å². The molecule has 0 radical (unpaired) electrons. The normalized spacial score (nSPS) is 28.7. The predicted octanol–water partition coefficient (Wildman–Crippen LogP) is 2.30. The van der Waals surface area contributed by atoms with Gasteiger partial charge in [0.15, 0.2) is 0 Å². The number of furan rings is 1. The van der Waals surface area contributed by atoms with Crippen LogP contribution in [0.3, 0.4) is 0 Å². The molecule has 1 aliphatic carbocycles. The minimum absolute atomic E-state index is 0.0330. The molecule has 0 spiro atoms. The van der Waals surface area contributed by atoms with Crippen molar-refractivity contribution in [2.75, 3.05) is 6.54 Å². The van der Waals surface area contributed by atoms with Crippen LogP contribution in [0.1, 0.15) is 29.6 Å².